The molecule has 2 amide bonds. The Morgan fingerprint density at radius 3 is 2.77 bits per heavy atom. The SMILES string of the molecule is O=C1CC(C(=O)N2CCCN(c3nc4ccccc4o3)CC2)CN1Cc1ccccn1. The number of para-hydroxylation sites is 2. The number of likely N-dealkylation sites (tertiary alicyclic amines) is 1. The van der Waals surface area contributed by atoms with Crippen molar-refractivity contribution in [3.63, 3.8) is 0 Å². The summed E-state index contributed by atoms with van der Waals surface area (Å²) < 4.78 is 5.90. The van der Waals surface area contributed by atoms with Gasteiger partial charge in [-0.1, -0.05) is 18.2 Å². The topological polar surface area (TPSA) is 82.8 Å². The molecule has 5 rings (SSSR count). The monoisotopic (exact) mass is 419 g/mol. The van der Waals surface area contributed by atoms with Gasteiger partial charge >= 0.3 is 0 Å². The van der Waals surface area contributed by atoms with Crippen molar-refractivity contribution in [3.05, 3.63) is 54.4 Å². The lowest BCUT2D eigenvalue weighted by Crippen LogP contribution is -2.40. The highest BCUT2D eigenvalue weighted by molar-refractivity contribution is 5.89. The van der Waals surface area contributed by atoms with Crippen LogP contribution in [0.4, 0.5) is 6.01 Å². The zero-order chi connectivity index (χ0) is 21.2. The van der Waals surface area contributed by atoms with Crippen LogP contribution in [0.5, 0.6) is 0 Å². The van der Waals surface area contributed by atoms with Crippen LogP contribution in [-0.4, -0.2) is 64.3 Å². The number of fused-ring (bicyclic) bond motifs is 1. The molecule has 0 radical (unpaired) electrons. The third-order valence-corrected chi connectivity index (χ3v) is 6.00. The number of pyridine rings is 1. The van der Waals surface area contributed by atoms with E-state index in [9.17, 15) is 9.59 Å². The highest BCUT2D eigenvalue weighted by Gasteiger charge is 2.37. The number of oxazole rings is 1. The van der Waals surface area contributed by atoms with Crippen LogP contribution in [0.3, 0.4) is 0 Å². The molecule has 0 saturated carbocycles. The van der Waals surface area contributed by atoms with Gasteiger partial charge in [0.1, 0.15) is 5.52 Å². The Balaban J connectivity index is 1.21. The van der Waals surface area contributed by atoms with Gasteiger partial charge in [-0.25, -0.2) is 0 Å². The number of amides is 2. The number of anilines is 1. The van der Waals surface area contributed by atoms with E-state index in [1.807, 2.05) is 47.4 Å². The predicted molar refractivity (Wildman–Crippen MR) is 115 cm³/mol. The van der Waals surface area contributed by atoms with Crippen molar-refractivity contribution in [1.29, 1.82) is 0 Å². The molecule has 2 aromatic heterocycles. The normalized spacial score (nSPS) is 19.8. The molecule has 0 spiro atoms. The third-order valence-electron chi connectivity index (χ3n) is 6.00. The molecular weight excluding hydrogens is 394 g/mol. The zero-order valence-corrected chi connectivity index (χ0v) is 17.3. The van der Waals surface area contributed by atoms with Crippen molar-refractivity contribution in [1.82, 2.24) is 19.8 Å². The summed E-state index contributed by atoms with van der Waals surface area (Å²) >= 11 is 0. The molecule has 8 heteroatoms. The van der Waals surface area contributed by atoms with E-state index >= 15 is 0 Å². The quantitative estimate of drug-likeness (QED) is 0.645. The van der Waals surface area contributed by atoms with Crippen LogP contribution in [0.25, 0.3) is 11.1 Å². The van der Waals surface area contributed by atoms with Crippen molar-refractivity contribution in [2.24, 2.45) is 5.92 Å². The molecule has 1 unspecified atom stereocenters. The van der Waals surface area contributed by atoms with Crippen molar-refractivity contribution in [2.45, 2.75) is 19.4 Å². The second-order valence-electron chi connectivity index (χ2n) is 8.13. The van der Waals surface area contributed by atoms with Gasteiger partial charge < -0.3 is 19.1 Å². The van der Waals surface area contributed by atoms with Crippen LogP contribution in [0.2, 0.25) is 0 Å². The summed E-state index contributed by atoms with van der Waals surface area (Å²) in [6.45, 7) is 3.64. The van der Waals surface area contributed by atoms with Crippen molar-refractivity contribution in [2.75, 3.05) is 37.6 Å². The summed E-state index contributed by atoms with van der Waals surface area (Å²) in [5, 5.41) is 0. The van der Waals surface area contributed by atoms with E-state index in [-0.39, 0.29) is 24.2 Å². The lowest BCUT2D eigenvalue weighted by Gasteiger charge is -2.24. The Morgan fingerprint density at radius 2 is 1.94 bits per heavy atom. The van der Waals surface area contributed by atoms with Gasteiger partial charge in [-0.2, -0.15) is 4.98 Å². The van der Waals surface area contributed by atoms with Gasteiger partial charge in [0.15, 0.2) is 5.58 Å². The first-order valence-electron chi connectivity index (χ1n) is 10.7. The van der Waals surface area contributed by atoms with Gasteiger partial charge in [0.25, 0.3) is 6.01 Å². The molecule has 2 fully saturated rings. The molecule has 31 heavy (non-hydrogen) atoms. The smallest absolute Gasteiger partial charge is 0.298 e. The molecule has 4 heterocycles. The first kappa shape index (κ1) is 19.5. The standard InChI is InChI=1S/C23H25N5O3/c29-21-14-17(15-28(21)16-18-6-3-4-9-24-18)22(30)26-10-5-11-27(13-12-26)23-25-19-7-1-2-8-20(19)31-23/h1-4,6-9,17H,5,10-16H2. The maximum atomic E-state index is 13.2. The molecule has 1 atom stereocenters. The van der Waals surface area contributed by atoms with Gasteiger partial charge in [-0.15, -0.1) is 0 Å². The second-order valence-corrected chi connectivity index (χ2v) is 8.13. The van der Waals surface area contributed by atoms with E-state index < -0.39 is 0 Å². The van der Waals surface area contributed by atoms with Crippen molar-refractivity contribution >= 4 is 28.9 Å². The Bertz CT molecular complexity index is 1050. The summed E-state index contributed by atoms with van der Waals surface area (Å²) in [6.07, 6.45) is 2.83. The van der Waals surface area contributed by atoms with Gasteiger partial charge in [0.05, 0.1) is 18.2 Å². The fourth-order valence-corrected chi connectivity index (χ4v) is 4.36. The molecule has 8 nitrogen and oxygen atoms in total. The van der Waals surface area contributed by atoms with Crippen molar-refractivity contribution in [3.8, 4) is 0 Å². The molecule has 0 aliphatic carbocycles. The van der Waals surface area contributed by atoms with Gasteiger partial charge in [0.2, 0.25) is 11.8 Å². The van der Waals surface area contributed by atoms with Crippen LogP contribution < -0.4 is 4.90 Å². The molecule has 2 saturated heterocycles. The van der Waals surface area contributed by atoms with Crippen LogP contribution in [0.15, 0.2) is 53.1 Å². The van der Waals surface area contributed by atoms with Crippen LogP contribution in [0.1, 0.15) is 18.5 Å². The lowest BCUT2D eigenvalue weighted by atomic mass is 10.1. The number of benzene rings is 1. The average Bonchev–Trinajstić information content (AvgIpc) is 3.29. The van der Waals surface area contributed by atoms with E-state index in [1.54, 1.807) is 11.1 Å². The highest BCUT2D eigenvalue weighted by atomic mass is 16.4. The van der Waals surface area contributed by atoms with Crippen LogP contribution in [-0.2, 0) is 16.1 Å². The number of rotatable bonds is 4. The Kier molecular flexibility index (Phi) is 5.28. The average molecular weight is 419 g/mol. The molecule has 0 N–H and O–H groups in total. The summed E-state index contributed by atoms with van der Waals surface area (Å²) in [7, 11) is 0. The summed E-state index contributed by atoms with van der Waals surface area (Å²) in [4.78, 5) is 40.2. The maximum absolute atomic E-state index is 13.2. The van der Waals surface area contributed by atoms with E-state index in [0.29, 0.717) is 38.7 Å². The number of carbonyl (C=O) groups excluding carboxylic acids is 2. The van der Waals surface area contributed by atoms with Crippen molar-refractivity contribution < 1.29 is 14.0 Å². The van der Waals surface area contributed by atoms with Gasteiger partial charge in [0, 0.05) is 45.3 Å². The molecule has 1 aromatic carbocycles. The Morgan fingerprint density at radius 1 is 1.06 bits per heavy atom. The summed E-state index contributed by atoms with van der Waals surface area (Å²) in [6, 6.07) is 14.0. The van der Waals surface area contributed by atoms with E-state index in [0.717, 1.165) is 29.8 Å². The second kappa shape index (κ2) is 8.37. The van der Waals surface area contributed by atoms with Gasteiger partial charge in [-0.3, -0.25) is 14.6 Å². The largest absolute Gasteiger partial charge is 0.423 e. The minimum atomic E-state index is -0.285. The molecule has 2 aliphatic rings. The molecule has 160 valence electrons. The third kappa shape index (κ3) is 4.10. The zero-order valence-electron chi connectivity index (χ0n) is 17.3. The van der Waals surface area contributed by atoms with Crippen LogP contribution >= 0.6 is 0 Å². The van der Waals surface area contributed by atoms with E-state index in [1.165, 1.54) is 0 Å². The van der Waals surface area contributed by atoms with E-state index in [2.05, 4.69) is 14.9 Å². The predicted octanol–water partition coefficient (Wildman–Crippen LogP) is 2.31. The highest BCUT2D eigenvalue weighted by Crippen LogP contribution is 2.25. The number of aromatic nitrogens is 2. The number of nitrogens with zero attached hydrogens (tertiary/aromatic N) is 5. The lowest BCUT2D eigenvalue weighted by molar-refractivity contribution is -0.135. The Hall–Kier alpha value is -3.42. The molecule has 2 aliphatic heterocycles. The van der Waals surface area contributed by atoms with E-state index in [4.69, 9.17) is 4.42 Å². The molecule has 0 bridgehead atoms. The summed E-state index contributed by atoms with van der Waals surface area (Å²) in [5.41, 5.74) is 2.45. The van der Waals surface area contributed by atoms with Gasteiger partial charge in [-0.05, 0) is 30.7 Å². The number of carbonyl (C=O) groups is 2. The van der Waals surface area contributed by atoms with Crippen LogP contribution in [0, 0.1) is 5.92 Å². The Labute approximate surface area is 180 Å². The fourth-order valence-electron chi connectivity index (χ4n) is 4.36. The molecule has 3 aromatic rings. The number of hydrogen-bond acceptors (Lipinski definition) is 6. The fraction of sp³-hybridized carbons (Fsp3) is 0.391. The first-order chi connectivity index (χ1) is 15.2. The minimum absolute atomic E-state index is 0.0203. The number of hydrogen-bond donors (Lipinski definition) is 0. The summed E-state index contributed by atoms with van der Waals surface area (Å²) in [5.74, 6) is -0.199. The molecular formula is C23H25N5O3. The maximum Gasteiger partial charge on any atom is 0.298 e. The first-order valence-corrected chi connectivity index (χ1v) is 10.7. The minimum Gasteiger partial charge on any atom is -0.423 e.